The fourth-order valence-corrected chi connectivity index (χ4v) is 9.35. The minimum absolute atomic E-state index is 0.107. The van der Waals surface area contributed by atoms with E-state index in [1.165, 1.54) is 82.8 Å². The first-order chi connectivity index (χ1) is 28.0. The molecule has 9 aromatic carbocycles. The fourth-order valence-electron chi connectivity index (χ4n) is 9.35. The summed E-state index contributed by atoms with van der Waals surface area (Å²) >= 11 is 0. The zero-order valence-electron chi connectivity index (χ0n) is 32.0. The number of para-hydroxylation sites is 1. The van der Waals surface area contributed by atoms with E-state index in [1.807, 2.05) is 0 Å². The molecule has 0 N–H and O–H groups in total. The van der Waals surface area contributed by atoms with Crippen LogP contribution in [0.5, 0.6) is 0 Å². The molecule has 0 radical (unpaired) electrons. The summed E-state index contributed by atoms with van der Waals surface area (Å²) in [7, 11) is 0. The Morgan fingerprint density at radius 3 is 1.84 bits per heavy atom. The van der Waals surface area contributed by atoms with Gasteiger partial charge in [0.25, 0.3) is 0 Å². The molecule has 0 amide bonds. The highest BCUT2D eigenvalue weighted by atomic mass is 15.1. The van der Waals surface area contributed by atoms with Crippen molar-refractivity contribution in [3.8, 4) is 39.1 Å². The highest BCUT2D eigenvalue weighted by Crippen LogP contribution is 2.51. The number of anilines is 3. The van der Waals surface area contributed by atoms with Gasteiger partial charge in [0.15, 0.2) is 0 Å². The predicted molar refractivity (Wildman–Crippen MR) is 241 cm³/mol. The monoisotopic (exact) mass is 728 g/mol. The van der Waals surface area contributed by atoms with E-state index in [0.29, 0.717) is 0 Å². The van der Waals surface area contributed by atoms with Gasteiger partial charge in [-0.1, -0.05) is 166 Å². The Kier molecular flexibility index (Phi) is 7.55. The quantitative estimate of drug-likeness (QED) is 0.165. The van der Waals surface area contributed by atoms with E-state index in [-0.39, 0.29) is 5.41 Å². The standard InChI is InChI=1S/C55H40N2/c1-55(2)50-23-10-8-21-46(50)47-33-31-44(36-51(47)55)56(42-29-26-38(27-30-42)37-14-4-3-5-15-37)43-19-12-18-40(34-43)41-28-32-49-48-22-9-11-24-53(48)57(54(49)35-41)52-25-13-17-39-16-6-7-20-45(39)52/h3-36H,1-2H3. The van der Waals surface area contributed by atoms with E-state index in [2.05, 4.69) is 230 Å². The van der Waals surface area contributed by atoms with Crippen molar-refractivity contribution in [2.45, 2.75) is 19.3 Å². The van der Waals surface area contributed by atoms with Crippen LogP contribution in [-0.4, -0.2) is 4.57 Å². The van der Waals surface area contributed by atoms with Crippen molar-refractivity contribution >= 4 is 49.6 Å². The number of benzene rings is 9. The summed E-state index contributed by atoms with van der Waals surface area (Å²) in [4.78, 5) is 2.42. The number of fused-ring (bicyclic) bond motifs is 7. The Bertz CT molecular complexity index is 3140. The van der Waals surface area contributed by atoms with Crippen molar-refractivity contribution in [1.29, 1.82) is 0 Å². The van der Waals surface area contributed by atoms with Crippen molar-refractivity contribution in [2.75, 3.05) is 4.90 Å². The van der Waals surface area contributed by atoms with Gasteiger partial charge >= 0.3 is 0 Å². The van der Waals surface area contributed by atoms with Crippen LogP contribution in [-0.2, 0) is 5.41 Å². The summed E-state index contributed by atoms with van der Waals surface area (Å²) in [6.07, 6.45) is 0. The van der Waals surface area contributed by atoms with Crippen molar-refractivity contribution in [1.82, 2.24) is 4.57 Å². The molecule has 0 aliphatic heterocycles. The fraction of sp³-hybridized carbons (Fsp3) is 0.0545. The van der Waals surface area contributed by atoms with E-state index < -0.39 is 0 Å². The average molecular weight is 729 g/mol. The van der Waals surface area contributed by atoms with Gasteiger partial charge in [-0.05, 0) is 104 Å². The van der Waals surface area contributed by atoms with Crippen molar-refractivity contribution < 1.29 is 0 Å². The predicted octanol–water partition coefficient (Wildman–Crippen LogP) is 15.0. The van der Waals surface area contributed by atoms with E-state index in [4.69, 9.17) is 0 Å². The van der Waals surface area contributed by atoms with Crippen LogP contribution in [0.4, 0.5) is 17.1 Å². The molecule has 0 unspecified atom stereocenters. The molecule has 2 nitrogen and oxygen atoms in total. The summed E-state index contributed by atoms with van der Waals surface area (Å²) in [6, 6.07) is 75.7. The van der Waals surface area contributed by atoms with E-state index >= 15 is 0 Å². The molecule has 270 valence electrons. The lowest BCUT2D eigenvalue weighted by Gasteiger charge is -2.28. The molecule has 1 heterocycles. The molecule has 0 saturated carbocycles. The van der Waals surface area contributed by atoms with Gasteiger partial charge in [-0.25, -0.2) is 0 Å². The van der Waals surface area contributed by atoms with Gasteiger partial charge in [0, 0.05) is 38.6 Å². The third-order valence-electron chi connectivity index (χ3n) is 12.2. The third kappa shape index (κ3) is 5.33. The van der Waals surface area contributed by atoms with Gasteiger partial charge < -0.3 is 9.47 Å². The lowest BCUT2D eigenvalue weighted by atomic mass is 9.82. The number of rotatable bonds is 6. The van der Waals surface area contributed by atoms with Crippen molar-refractivity contribution in [2.24, 2.45) is 0 Å². The zero-order valence-corrected chi connectivity index (χ0v) is 32.0. The normalized spacial score (nSPS) is 12.9. The average Bonchev–Trinajstić information content (AvgIpc) is 3.72. The van der Waals surface area contributed by atoms with Gasteiger partial charge in [-0.3, -0.25) is 0 Å². The lowest BCUT2D eigenvalue weighted by Crippen LogP contribution is -2.16. The van der Waals surface area contributed by atoms with E-state index in [0.717, 1.165) is 17.1 Å². The molecule has 11 rings (SSSR count). The topological polar surface area (TPSA) is 8.17 Å². The minimum atomic E-state index is -0.107. The van der Waals surface area contributed by atoms with Crippen LogP contribution in [0.15, 0.2) is 206 Å². The summed E-state index contributed by atoms with van der Waals surface area (Å²) in [5.41, 5.74) is 17.0. The third-order valence-corrected chi connectivity index (χ3v) is 12.2. The SMILES string of the molecule is CC1(C)c2ccccc2-c2ccc(N(c3ccc(-c4ccccc4)cc3)c3cccc(-c4ccc5c6ccccc6n(-c6cccc7ccccc67)c5c4)c3)cc21. The maximum atomic E-state index is 2.45. The summed E-state index contributed by atoms with van der Waals surface area (Å²) < 4.78 is 2.45. The summed E-state index contributed by atoms with van der Waals surface area (Å²) in [6.45, 7) is 4.71. The Morgan fingerprint density at radius 2 is 0.965 bits per heavy atom. The van der Waals surface area contributed by atoms with Crippen LogP contribution >= 0.6 is 0 Å². The number of hydrogen-bond acceptors (Lipinski definition) is 1. The maximum Gasteiger partial charge on any atom is 0.0547 e. The molecule has 0 spiro atoms. The van der Waals surface area contributed by atoms with Gasteiger partial charge in [-0.15, -0.1) is 0 Å². The van der Waals surface area contributed by atoms with E-state index in [9.17, 15) is 0 Å². The number of nitrogens with zero attached hydrogens (tertiary/aromatic N) is 2. The molecule has 0 atom stereocenters. The zero-order chi connectivity index (χ0) is 38.1. The van der Waals surface area contributed by atoms with Gasteiger partial charge in [0.1, 0.15) is 0 Å². The Hall–Kier alpha value is -7.16. The van der Waals surface area contributed by atoms with Gasteiger partial charge in [-0.2, -0.15) is 0 Å². The number of aromatic nitrogens is 1. The Morgan fingerprint density at radius 1 is 0.368 bits per heavy atom. The van der Waals surface area contributed by atoms with Crippen LogP contribution in [0, 0.1) is 0 Å². The second kappa shape index (κ2) is 13.0. The van der Waals surface area contributed by atoms with Crippen LogP contribution in [0.25, 0.3) is 71.6 Å². The summed E-state index contributed by atoms with van der Waals surface area (Å²) in [5.74, 6) is 0. The highest BCUT2D eigenvalue weighted by Gasteiger charge is 2.35. The molecule has 2 heteroatoms. The summed E-state index contributed by atoms with van der Waals surface area (Å²) in [5, 5.41) is 4.98. The second-order valence-corrected chi connectivity index (χ2v) is 15.8. The van der Waals surface area contributed by atoms with Crippen molar-refractivity contribution in [3.63, 3.8) is 0 Å². The maximum absolute atomic E-state index is 2.45. The molecule has 10 aromatic rings. The molecular formula is C55H40N2. The molecule has 1 aliphatic carbocycles. The first kappa shape index (κ1) is 33.2. The second-order valence-electron chi connectivity index (χ2n) is 15.8. The highest BCUT2D eigenvalue weighted by molar-refractivity contribution is 6.11. The van der Waals surface area contributed by atoms with Gasteiger partial charge in [0.05, 0.1) is 16.7 Å². The first-order valence-electron chi connectivity index (χ1n) is 19.8. The van der Waals surface area contributed by atoms with Crippen LogP contribution in [0.2, 0.25) is 0 Å². The molecule has 1 aromatic heterocycles. The van der Waals surface area contributed by atoms with Gasteiger partial charge in [0.2, 0.25) is 0 Å². The molecule has 1 aliphatic rings. The van der Waals surface area contributed by atoms with E-state index in [1.54, 1.807) is 0 Å². The van der Waals surface area contributed by atoms with Crippen molar-refractivity contribution in [3.05, 3.63) is 217 Å². The smallest absolute Gasteiger partial charge is 0.0547 e. The Balaban J connectivity index is 1.07. The molecule has 0 saturated heterocycles. The molecule has 57 heavy (non-hydrogen) atoms. The number of hydrogen-bond donors (Lipinski definition) is 0. The Labute approximate surface area is 333 Å². The van der Waals surface area contributed by atoms with Crippen LogP contribution in [0.3, 0.4) is 0 Å². The molecule has 0 fully saturated rings. The first-order valence-corrected chi connectivity index (χ1v) is 19.8. The minimum Gasteiger partial charge on any atom is -0.310 e. The lowest BCUT2D eigenvalue weighted by molar-refractivity contribution is 0.660. The largest absolute Gasteiger partial charge is 0.310 e. The molecule has 0 bridgehead atoms. The van der Waals surface area contributed by atoms with Crippen LogP contribution < -0.4 is 4.90 Å². The molecular weight excluding hydrogens is 689 g/mol. The van der Waals surface area contributed by atoms with Crippen LogP contribution in [0.1, 0.15) is 25.0 Å².